The van der Waals surface area contributed by atoms with E-state index in [1.165, 1.54) is 0 Å². The maximum Gasteiger partial charge on any atom is 0.229 e. The van der Waals surface area contributed by atoms with E-state index in [0.717, 1.165) is 33.8 Å². The third-order valence-electron chi connectivity index (χ3n) is 4.85. The number of thioether (sulfide) groups is 1. The number of hydrogen-bond donors (Lipinski definition) is 1. The Balaban J connectivity index is 1.75. The van der Waals surface area contributed by atoms with Crippen LogP contribution in [0.5, 0.6) is 0 Å². The van der Waals surface area contributed by atoms with Gasteiger partial charge in [0.05, 0.1) is 5.92 Å². The maximum absolute atomic E-state index is 12.8. The van der Waals surface area contributed by atoms with Crippen molar-refractivity contribution in [1.82, 2.24) is 0 Å². The van der Waals surface area contributed by atoms with E-state index in [-0.39, 0.29) is 24.2 Å². The molecule has 2 amide bonds. The molecule has 1 aliphatic rings. The summed E-state index contributed by atoms with van der Waals surface area (Å²) in [6.45, 7) is 4.49. The summed E-state index contributed by atoms with van der Waals surface area (Å²) in [5.41, 5.74) is 3.91. The van der Waals surface area contributed by atoms with Crippen LogP contribution >= 0.6 is 11.8 Å². The van der Waals surface area contributed by atoms with Gasteiger partial charge >= 0.3 is 0 Å². The van der Waals surface area contributed by atoms with Crippen molar-refractivity contribution in [1.29, 1.82) is 0 Å². The number of carbonyl (C=O) groups excluding carboxylic acids is 2. The number of benzene rings is 2. The second kappa shape index (κ2) is 7.96. The van der Waals surface area contributed by atoms with Crippen molar-refractivity contribution in [3.8, 4) is 0 Å². The van der Waals surface area contributed by atoms with Crippen molar-refractivity contribution in [2.75, 3.05) is 23.0 Å². The molecule has 0 saturated carbocycles. The summed E-state index contributed by atoms with van der Waals surface area (Å²) in [4.78, 5) is 28.1. The number of anilines is 2. The first-order valence-corrected chi connectivity index (χ1v) is 10.1. The van der Waals surface area contributed by atoms with Crippen LogP contribution in [-0.4, -0.2) is 24.6 Å². The lowest BCUT2D eigenvalue weighted by molar-refractivity contribution is -0.122. The van der Waals surface area contributed by atoms with Crippen LogP contribution in [-0.2, 0) is 16.0 Å². The van der Waals surface area contributed by atoms with Crippen LogP contribution in [0.3, 0.4) is 0 Å². The predicted octanol–water partition coefficient (Wildman–Crippen LogP) is 4.27. The fraction of sp³-hybridized carbons (Fsp3) is 0.333. The number of aryl methyl sites for hydroxylation is 2. The molecular formula is C21H24N2O2S. The summed E-state index contributed by atoms with van der Waals surface area (Å²) < 4.78 is 0. The predicted molar refractivity (Wildman–Crippen MR) is 108 cm³/mol. The first-order chi connectivity index (χ1) is 12.5. The average Bonchev–Trinajstić information content (AvgIpc) is 3.05. The summed E-state index contributed by atoms with van der Waals surface area (Å²) in [6.07, 6.45) is 3.12. The minimum Gasteiger partial charge on any atom is -0.325 e. The van der Waals surface area contributed by atoms with Crippen LogP contribution in [0.15, 0.2) is 47.4 Å². The lowest BCUT2D eigenvalue weighted by Crippen LogP contribution is -2.28. The van der Waals surface area contributed by atoms with Gasteiger partial charge in [-0.05, 0) is 48.9 Å². The van der Waals surface area contributed by atoms with Crippen molar-refractivity contribution < 1.29 is 9.59 Å². The van der Waals surface area contributed by atoms with Gasteiger partial charge < -0.3 is 10.2 Å². The molecular weight excluding hydrogens is 344 g/mol. The first-order valence-electron chi connectivity index (χ1n) is 8.87. The number of nitrogens with zero attached hydrogens (tertiary/aromatic N) is 1. The van der Waals surface area contributed by atoms with E-state index in [4.69, 9.17) is 0 Å². The molecule has 0 spiro atoms. The molecule has 0 aliphatic carbocycles. The maximum atomic E-state index is 12.8. The Labute approximate surface area is 159 Å². The summed E-state index contributed by atoms with van der Waals surface area (Å²) in [5, 5.41) is 3.06. The van der Waals surface area contributed by atoms with Crippen molar-refractivity contribution in [3.63, 3.8) is 0 Å². The second-order valence-corrected chi connectivity index (χ2v) is 7.44. The molecule has 1 unspecified atom stereocenters. The summed E-state index contributed by atoms with van der Waals surface area (Å²) in [6, 6.07) is 13.9. The van der Waals surface area contributed by atoms with E-state index in [1.54, 1.807) is 16.7 Å². The van der Waals surface area contributed by atoms with Gasteiger partial charge in [0.25, 0.3) is 0 Å². The van der Waals surface area contributed by atoms with Crippen molar-refractivity contribution in [2.45, 2.75) is 31.6 Å². The van der Waals surface area contributed by atoms with Gasteiger partial charge in [-0.3, -0.25) is 9.59 Å². The molecule has 0 aromatic heterocycles. The SMILES string of the molecule is CCc1cccc(C)c1NC(=O)C1CC(=O)N(c2cccc(SC)c2)C1. The van der Waals surface area contributed by atoms with E-state index in [1.807, 2.05) is 55.6 Å². The zero-order valence-corrected chi connectivity index (χ0v) is 16.2. The van der Waals surface area contributed by atoms with Crippen LogP contribution in [0, 0.1) is 12.8 Å². The molecule has 1 N–H and O–H groups in total. The standard InChI is InChI=1S/C21H24N2O2S/c1-4-15-8-5-7-14(2)20(15)22-21(25)16-11-19(24)23(13-16)17-9-6-10-18(12-17)26-3/h5-10,12,16H,4,11,13H2,1-3H3,(H,22,25). The minimum absolute atomic E-state index is 0.00361. The molecule has 1 fully saturated rings. The zero-order valence-electron chi connectivity index (χ0n) is 15.4. The van der Waals surface area contributed by atoms with Crippen LogP contribution in [0.2, 0.25) is 0 Å². The molecule has 26 heavy (non-hydrogen) atoms. The van der Waals surface area contributed by atoms with Crippen molar-refractivity contribution in [2.24, 2.45) is 5.92 Å². The molecule has 1 aliphatic heterocycles. The number of hydrogen-bond acceptors (Lipinski definition) is 3. The van der Waals surface area contributed by atoms with Gasteiger partial charge in [0, 0.05) is 29.2 Å². The van der Waals surface area contributed by atoms with E-state index in [2.05, 4.69) is 12.2 Å². The van der Waals surface area contributed by atoms with E-state index >= 15 is 0 Å². The van der Waals surface area contributed by atoms with Crippen LogP contribution in [0.25, 0.3) is 0 Å². The quantitative estimate of drug-likeness (QED) is 0.802. The Bertz CT molecular complexity index is 835. The fourth-order valence-corrected chi connectivity index (χ4v) is 3.79. The molecule has 0 bridgehead atoms. The Kier molecular flexibility index (Phi) is 5.67. The molecule has 1 atom stereocenters. The number of amides is 2. The molecule has 1 heterocycles. The van der Waals surface area contributed by atoms with Gasteiger partial charge in [-0.25, -0.2) is 0 Å². The van der Waals surface area contributed by atoms with Crippen LogP contribution < -0.4 is 10.2 Å². The van der Waals surface area contributed by atoms with Gasteiger partial charge in [-0.2, -0.15) is 0 Å². The highest BCUT2D eigenvalue weighted by Crippen LogP contribution is 2.29. The summed E-state index contributed by atoms with van der Waals surface area (Å²) >= 11 is 1.64. The number of nitrogens with one attached hydrogen (secondary N) is 1. The molecule has 2 aromatic carbocycles. The van der Waals surface area contributed by atoms with Crippen molar-refractivity contribution >= 4 is 35.0 Å². The number of para-hydroxylation sites is 1. The lowest BCUT2D eigenvalue weighted by atomic mass is 10.0. The molecule has 4 nitrogen and oxygen atoms in total. The highest BCUT2D eigenvalue weighted by Gasteiger charge is 2.35. The van der Waals surface area contributed by atoms with E-state index < -0.39 is 0 Å². The zero-order chi connectivity index (χ0) is 18.7. The van der Waals surface area contributed by atoms with Crippen LogP contribution in [0.4, 0.5) is 11.4 Å². The highest BCUT2D eigenvalue weighted by atomic mass is 32.2. The first kappa shape index (κ1) is 18.5. The van der Waals surface area contributed by atoms with Gasteiger partial charge in [0.15, 0.2) is 0 Å². The van der Waals surface area contributed by atoms with E-state index in [9.17, 15) is 9.59 Å². The Morgan fingerprint density at radius 1 is 1.27 bits per heavy atom. The molecule has 5 heteroatoms. The van der Waals surface area contributed by atoms with Gasteiger partial charge in [-0.1, -0.05) is 31.2 Å². The molecule has 3 rings (SSSR count). The largest absolute Gasteiger partial charge is 0.325 e. The van der Waals surface area contributed by atoms with Gasteiger partial charge in [0.1, 0.15) is 0 Å². The Morgan fingerprint density at radius 3 is 2.77 bits per heavy atom. The second-order valence-electron chi connectivity index (χ2n) is 6.56. The van der Waals surface area contributed by atoms with Gasteiger partial charge in [0.2, 0.25) is 11.8 Å². The third-order valence-corrected chi connectivity index (χ3v) is 5.57. The molecule has 136 valence electrons. The fourth-order valence-electron chi connectivity index (χ4n) is 3.34. The Hall–Kier alpha value is -2.27. The smallest absolute Gasteiger partial charge is 0.229 e. The lowest BCUT2D eigenvalue weighted by Gasteiger charge is -2.18. The normalized spacial score (nSPS) is 16.8. The van der Waals surface area contributed by atoms with Crippen molar-refractivity contribution in [3.05, 3.63) is 53.6 Å². The highest BCUT2D eigenvalue weighted by molar-refractivity contribution is 7.98. The van der Waals surface area contributed by atoms with Crippen LogP contribution in [0.1, 0.15) is 24.5 Å². The minimum atomic E-state index is -0.329. The monoisotopic (exact) mass is 368 g/mol. The number of carbonyl (C=O) groups is 2. The molecule has 1 saturated heterocycles. The Morgan fingerprint density at radius 2 is 2.04 bits per heavy atom. The molecule has 2 aromatic rings. The molecule has 0 radical (unpaired) electrons. The van der Waals surface area contributed by atoms with Gasteiger partial charge in [-0.15, -0.1) is 11.8 Å². The number of rotatable bonds is 5. The van der Waals surface area contributed by atoms with E-state index in [0.29, 0.717) is 6.54 Å². The average molecular weight is 369 g/mol. The topological polar surface area (TPSA) is 49.4 Å². The summed E-state index contributed by atoms with van der Waals surface area (Å²) in [7, 11) is 0. The third kappa shape index (κ3) is 3.78. The summed E-state index contributed by atoms with van der Waals surface area (Å²) in [5.74, 6) is -0.403.